The molecule has 3 aliphatic rings. The van der Waals surface area contributed by atoms with E-state index in [2.05, 4.69) is 21.3 Å². The summed E-state index contributed by atoms with van der Waals surface area (Å²) in [5.74, 6) is -3.54. The Labute approximate surface area is 203 Å². The van der Waals surface area contributed by atoms with E-state index in [0.717, 1.165) is 0 Å². The maximum absolute atomic E-state index is 13.0. The molecule has 0 spiro atoms. The molecule has 3 heterocycles. The van der Waals surface area contributed by atoms with Gasteiger partial charge in [-0.15, -0.1) is 0 Å². The first kappa shape index (κ1) is 27.3. The number of hydrogen-bond acceptors (Lipinski definition) is 9. The summed E-state index contributed by atoms with van der Waals surface area (Å²) in [6, 6.07) is -4.39. The van der Waals surface area contributed by atoms with E-state index < -0.39 is 84.8 Å². The molecule has 198 valence electrons. The van der Waals surface area contributed by atoms with E-state index in [1.165, 1.54) is 6.92 Å². The average Bonchev–Trinajstić information content (AvgIpc) is 3.21. The van der Waals surface area contributed by atoms with Gasteiger partial charge in [-0.2, -0.15) is 0 Å². The Morgan fingerprint density at radius 1 is 0.943 bits per heavy atom. The molecule has 0 bridgehead atoms. The number of carbonyl (C=O) groups excluding carboxylic acids is 4. The quantitative estimate of drug-likeness (QED) is 0.245. The highest BCUT2D eigenvalue weighted by Crippen LogP contribution is 2.38. The van der Waals surface area contributed by atoms with Crippen LogP contribution in [0.5, 0.6) is 0 Å². The van der Waals surface area contributed by atoms with Crippen molar-refractivity contribution in [2.24, 2.45) is 5.92 Å². The molecule has 1 unspecified atom stereocenters. The Morgan fingerprint density at radius 2 is 1.57 bits per heavy atom. The molecular formula is C22H36N4O9. The summed E-state index contributed by atoms with van der Waals surface area (Å²) in [5, 5.41) is 30.8. The van der Waals surface area contributed by atoms with Gasteiger partial charge in [0.05, 0.1) is 12.6 Å². The van der Waals surface area contributed by atoms with Gasteiger partial charge in [-0.3, -0.25) is 19.2 Å². The van der Waals surface area contributed by atoms with Crippen LogP contribution in [-0.2, 0) is 33.4 Å². The van der Waals surface area contributed by atoms with Crippen LogP contribution in [0.3, 0.4) is 0 Å². The van der Waals surface area contributed by atoms with Crippen LogP contribution < -0.4 is 21.3 Å². The largest absolute Gasteiger partial charge is 0.394 e. The summed E-state index contributed by atoms with van der Waals surface area (Å²) in [6.45, 7) is 7.80. The zero-order valence-electron chi connectivity index (χ0n) is 20.6. The van der Waals surface area contributed by atoms with Gasteiger partial charge >= 0.3 is 0 Å². The number of ether oxygens (including phenoxy) is 3. The number of amides is 4. The van der Waals surface area contributed by atoms with Gasteiger partial charge in [0.1, 0.15) is 36.4 Å². The lowest BCUT2D eigenvalue weighted by Gasteiger charge is -2.30. The van der Waals surface area contributed by atoms with Crippen molar-refractivity contribution in [3.05, 3.63) is 0 Å². The second-order valence-corrected chi connectivity index (χ2v) is 10.1. The average molecular weight is 501 g/mol. The number of rotatable bonds is 4. The first-order chi connectivity index (χ1) is 16.3. The fourth-order valence-corrected chi connectivity index (χ4v) is 4.41. The maximum atomic E-state index is 13.0. The molecule has 8 atom stereocenters. The molecule has 3 rings (SSSR count). The van der Waals surface area contributed by atoms with Crippen LogP contribution in [0.25, 0.3) is 0 Å². The fourth-order valence-electron chi connectivity index (χ4n) is 4.41. The van der Waals surface area contributed by atoms with Gasteiger partial charge < -0.3 is 45.7 Å². The summed E-state index contributed by atoms with van der Waals surface area (Å²) in [7, 11) is 0. The first-order valence-corrected chi connectivity index (χ1v) is 11.8. The van der Waals surface area contributed by atoms with Crippen molar-refractivity contribution < 1.29 is 43.6 Å². The van der Waals surface area contributed by atoms with Gasteiger partial charge in [0.15, 0.2) is 12.1 Å². The Hall–Kier alpha value is -2.32. The Kier molecular flexibility index (Phi) is 8.37. The van der Waals surface area contributed by atoms with E-state index in [1.54, 1.807) is 13.8 Å². The summed E-state index contributed by atoms with van der Waals surface area (Å²) in [5.41, 5.74) is 0. The Morgan fingerprint density at radius 3 is 2.17 bits per heavy atom. The molecule has 0 aliphatic carbocycles. The van der Waals surface area contributed by atoms with Gasteiger partial charge in [0, 0.05) is 6.42 Å². The molecule has 6 N–H and O–H groups in total. The molecule has 0 radical (unpaired) electrons. The second-order valence-electron chi connectivity index (χ2n) is 10.1. The monoisotopic (exact) mass is 500 g/mol. The molecule has 0 saturated carbocycles. The van der Waals surface area contributed by atoms with Gasteiger partial charge in [0.25, 0.3) is 0 Å². The molecule has 0 aromatic carbocycles. The predicted molar refractivity (Wildman–Crippen MR) is 119 cm³/mol. The molecular weight excluding hydrogens is 464 g/mol. The zero-order chi connectivity index (χ0) is 26.1. The van der Waals surface area contributed by atoms with Gasteiger partial charge in [0.2, 0.25) is 23.6 Å². The lowest BCUT2D eigenvalue weighted by molar-refractivity contribution is -0.218. The summed E-state index contributed by atoms with van der Waals surface area (Å²) >= 11 is 0. The van der Waals surface area contributed by atoms with E-state index in [-0.39, 0.29) is 18.8 Å². The zero-order valence-corrected chi connectivity index (χ0v) is 20.6. The molecule has 13 heteroatoms. The lowest BCUT2D eigenvalue weighted by atomic mass is 9.99. The van der Waals surface area contributed by atoms with Gasteiger partial charge in [-0.25, -0.2) is 0 Å². The SMILES string of the molecule is CC(C)C[C@@H]1NC(=O)[C@H](C)NC(=O)C[C@@H](C2O[C@@H]3OC(C)(C)O[C@@H]3[C@H]2O)NC(=O)[C@H](CO)NC1=O. The summed E-state index contributed by atoms with van der Waals surface area (Å²) in [6.07, 6.45) is -4.15. The Balaban J connectivity index is 1.85. The third kappa shape index (κ3) is 6.47. The van der Waals surface area contributed by atoms with Crippen molar-refractivity contribution in [1.82, 2.24) is 21.3 Å². The number of hydrogen-bond donors (Lipinski definition) is 6. The molecule has 3 fully saturated rings. The van der Waals surface area contributed by atoms with Gasteiger partial charge in [-0.05, 0) is 33.1 Å². The van der Waals surface area contributed by atoms with Crippen molar-refractivity contribution in [2.45, 2.75) is 102 Å². The van der Waals surface area contributed by atoms with Crippen molar-refractivity contribution >= 4 is 23.6 Å². The molecule has 13 nitrogen and oxygen atoms in total. The number of aliphatic hydroxyl groups excluding tert-OH is 2. The van der Waals surface area contributed by atoms with E-state index in [4.69, 9.17) is 14.2 Å². The Bertz CT molecular complexity index is 836. The highest BCUT2D eigenvalue weighted by atomic mass is 16.8. The van der Waals surface area contributed by atoms with E-state index in [1.807, 2.05) is 13.8 Å². The van der Waals surface area contributed by atoms with Crippen LogP contribution >= 0.6 is 0 Å². The van der Waals surface area contributed by atoms with Crippen LogP contribution in [0.1, 0.15) is 47.5 Å². The van der Waals surface area contributed by atoms with Crippen LogP contribution in [0.4, 0.5) is 0 Å². The third-order valence-electron chi connectivity index (χ3n) is 6.11. The van der Waals surface area contributed by atoms with Crippen LogP contribution in [-0.4, -0.2) is 95.0 Å². The van der Waals surface area contributed by atoms with Crippen molar-refractivity contribution in [3.8, 4) is 0 Å². The standard InChI is InChI=1S/C22H36N4O9/c1-9(2)6-12-19(31)26-13(8-27)20(32)24-11(7-14(28)23-10(3)18(30)25-12)16-15(29)17-21(33-16)35-22(4,5)34-17/h9-13,15-17,21,27,29H,6-8H2,1-5H3,(H,23,28)(H,24,32)(H,25,30)(H,26,31)/t10-,11-,12-,13-,15-,16?,17+,21+/m0/s1. The minimum absolute atomic E-state index is 0.0345. The molecule has 4 amide bonds. The lowest BCUT2D eigenvalue weighted by Crippen LogP contribution is -2.58. The van der Waals surface area contributed by atoms with Crippen molar-refractivity contribution in [3.63, 3.8) is 0 Å². The molecule has 0 aromatic heterocycles. The van der Waals surface area contributed by atoms with Crippen molar-refractivity contribution in [2.75, 3.05) is 6.61 Å². The number of nitrogens with one attached hydrogen (secondary N) is 4. The van der Waals surface area contributed by atoms with Crippen LogP contribution in [0.2, 0.25) is 0 Å². The van der Waals surface area contributed by atoms with Crippen molar-refractivity contribution in [1.29, 1.82) is 0 Å². The van der Waals surface area contributed by atoms with E-state index in [9.17, 15) is 29.4 Å². The second kappa shape index (κ2) is 10.7. The third-order valence-corrected chi connectivity index (χ3v) is 6.11. The molecule has 3 saturated heterocycles. The molecule has 0 aromatic rings. The van der Waals surface area contributed by atoms with E-state index >= 15 is 0 Å². The topological polar surface area (TPSA) is 185 Å². The highest BCUT2D eigenvalue weighted by molar-refractivity contribution is 5.94. The number of aliphatic hydroxyl groups is 2. The molecule has 3 aliphatic heterocycles. The molecule has 35 heavy (non-hydrogen) atoms. The first-order valence-electron chi connectivity index (χ1n) is 11.8. The highest BCUT2D eigenvalue weighted by Gasteiger charge is 2.56. The minimum Gasteiger partial charge on any atom is -0.394 e. The van der Waals surface area contributed by atoms with E-state index in [0.29, 0.717) is 0 Å². The summed E-state index contributed by atoms with van der Waals surface area (Å²) in [4.78, 5) is 51.3. The smallest absolute Gasteiger partial charge is 0.245 e. The number of carbonyl (C=O) groups is 4. The number of fused-ring (bicyclic) bond motifs is 1. The predicted octanol–water partition coefficient (Wildman–Crippen LogP) is -2.38. The normalized spacial score (nSPS) is 38.4. The van der Waals surface area contributed by atoms with Gasteiger partial charge in [-0.1, -0.05) is 13.8 Å². The fraction of sp³-hybridized carbons (Fsp3) is 0.818. The maximum Gasteiger partial charge on any atom is 0.245 e. The van der Waals surface area contributed by atoms with Crippen LogP contribution in [0.15, 0.2) is 0 Å². The van der Waals surface area contributed by atoms with Crippen LogP contribution in [0, 0.1) is 5.92 Å². The minimum atomic E-state index is -1.36. The summed E-state index contributed by atoms with van der Waals surface area (Å²) < 4.78 is 17.1.